The van der Waals surface area contributed by atoms with E-state index in [-0.39, 0.29) is 19.1 Å². The van der Waals surface area contributed by atoms with Gasteiger partial charge in [0, 0.05) is 0 Å². The fraction of sp³-hybridized carbons (Fsp3) is 0.400. The molecule has 0 aromatic heterocycles. The van der Waals surface area contributed by atoms with Gasteiger partial charge in [0.2, 0.25) is 0 Å². The predicted octanol–water partition coefficient (Wildman–Crippen LogP) is -0.821. The molecule has 0 unspecified atom stereocenters. The number of esters is 1. The largest absolute Gasteiger partial charge is 0.460 e. The van der Waals surface area contributed by atoms with Crippen LogP contribution in [0.4, 0.5) is 0 Å². The molecule has 0 saturated carbocycles. The molecule has 0 aliphatic carbocycles. The molecule has 0 atom stereocenters. The van der Waals surface area contributed by atoms with Crippen LogP contribution in [0.3, 0.4) is 0 Å². The predicted molar refractivity (Wildman–Crippen MR) is 33.3 cm³/mol. The Morgan fingerprint density at radius 2 is 2.56 bits per heavy atom. The van der Waals surface area contributed by atoms with Crippen molar-refractivity contribution >= 4 is 5.97 Å². The highest BCUT2D eigenvalue weighted by atomic mass is 16.5. The van der Waals surface area contributed by atoms with Gasteiger partial charge < -0.3 is 4.74 Å². The molecule has 0 bridgehead atoms. The number of hydrazine groups is 1. The Bertz CT molecular complexity index is 103. The third-order valence-corrected chi connectivity index (χ3v) is 0.609. The number of carbonyl (C=O) groups excluding carboxylic acids is 1. The number of nitrogens with one attached hydrogen (secondary N) is 1. The van der Waals surface area contributed by atoms with Crippen LogP contribution in [0, 0.1) is 0 Å². The summed E-state index contributed by atoms with van der Waals surface area (Å²) in [6, 6.07) is 0. The molecule has 4 nitrogen and oxygen atoms in total. The fourth-order valence-corrected chi connectivity index (χ4v) is 0.286. The molecule has 3 N–H and O–H groups in total. The summed E-state index contributed by atoms with van der Waals surface area (Å²) >= 11 is 0. The minimum absolute atomic E-state index is 0.0356. The van der Waals surface area contributed by atoms with E-state index in [0.29, 0.717) is 0 Å². The second kappa shape index (κ2) is 5.27. The number of rotatable bonds is 4. The third kappa shape index (κ3) is 4.99. The standard InChI is InChI=1S/C5H10N2O2/c1-2-3-9-5(8)4-7-6/h2,7H,1,3-4,6H2. The lowest BCUT2D eigenvalue weighted by Gasteiger charge is -1.98. The normalized spacial score (nSPS) is 8.56. The fourth-order valence-electron chi connectivity index (χ4n) is 0.286. The maximum absolute atomic E-state index is 10.4. The molecule has 0 saturated heterocycles. The molecule has 9 heavy (non-hydrogen) atoms. The van der Waals surface area contributed by atoms with Gasteiger partial charge in [0.25, 0.3) is 0 Å². The lowest BCUT2D eigenvalue weighted by Crippen LogP contribution is -2.30. The molecule has 0 amide bonds. The Morgan fingerprint density at radius 3 is 3.00 bits per heavy atom. The highest BCUT2D eigenvalue weighted by molar-refractivity contribution is 5.71. The average Bonchev–Trinajstić information content (AvgIpc) is 1.85. The van der Waals surface area contributed by atoms with Crippen molar-refractivity contribution in [3.63, 3.8) is 0 Å². The van der Waals surface area contributed by atoms with E-state index in [0.717, 1.165) is 0 Å². The Kier molecular flexibility index (Phi) is 4.76. The SMILES string of the molecule is C=CCOC(=O)CNN. The Hall–Kier alpha value is -0.870. The maximum Gasteiger partial charge on any atom is 0.321 e. The number of nitrogens with two attached hydrogens (primary N) is 1. The van der Waals surface area contributed by atoms with Crippen molar-refractivity contribution in [3.05, 3.63) is 12.7 Å². The highest BCUT2D eigenvalue weighted by Gasteiger charge is 1.95. The van der Waals surface area contributed by atoms with Gasteiger partial charge in [-0.1, -0.05) is 12.7 Å². The van der Waals surface area contributed by atoms with Gasteiger partial charge in [0.15, 0.2) is 0 Å². The van der Waals surface area contributed by atoms with E-state index >= 15 is 0 Å². The van der Waals surface area contributed by atoms with E-state index < -0.39 is 0 Å². The summed E-state index contributed by atoms with van der Waals surface area (Å²) in [7, 11) is 0. The van der Waals surface area contributed by atoms with Gasteiger partial charge in [0.05, 0.1) is 0 Å². The third-order valence-electron chi connectivity index (χ3n) is 0.609. The Balaban J connectivity index is 3.16. The zero-order valence-electron chi connectivity index (χ0n) is 5.09. The van der Waals surface area contributed by atoms with Crippen LogP contribution in [-0.2, 0) is 9.53 Å². The topological polar surface area (TPSA) is 64.3 Å². The van der Waals surface area contributed by atoms with Crippen molar-refractivity contribution < 1.29 is 9.53 Å². The van der Waals surface area contributed by atoms with E-state index in [1.165, 1.54) is 6.08 Å². The van der Waals surface area contributed by atoms with Gasteiger partial charge in [-0.05, 0) is 0 Å². The first kappa shape index (κ1) is 8.13. The zero-order valence-corrected chi connectivity index (χ0v) is 5.09. The lowest BCUT2D eigenvalue weighted by atomic mass is 10.6. The van der Waals surface area contributed by atoms with Gasteiger partial charge in [0.1, 0.15) is 13.2 Å². The Morgan fingerprint density at radius 1 is 1.89 bits per heavy atom. The molecule has 0 radical (unpaired) electrons. The summed E-state index contributed by atoms with van der Waals surface area (Å²) < 4.78 is 4.53. The first-order valence-electron chi connectivity index (χ1n) is 2.51. The van der Waals surface area contributed by atoms with Crippen molar-refractivity contribution in [1.82, 2.24) is 5.43 Å². The summed E-state index contributed by atoms with van der Waals surface area (Å²) in [6.45, 7) is 3.64. The summed E-state index contributed by atoms with van der Waals surface area (Å²) in [5.41, 5.74) is 2.17. The van der Waals surface area contributed by atoms with Crippen LogP contribution < -0.4 is 11.3 Å². The molecule has 0 aliphatic rings. The zero-order chi connectivity index (χ0) is 7.11. The van der Waals surface area contributed by atoms with Crippen LogP contribution in [0.15, 0.2) is 12.7 Å². The van der Waals surface area contributed by atoms with Gasteiger partial charge in [-0.3, -0.25) is 10.6 Å². The first-order valence-corrected chi connectivity index (χ1v) is 2.51. The van der Waals surface area contributed by atoms with E-state index in [4.69, 9.17) is 5.84 Å². The van der Waals surface area contributed by atoms with Crippen LogP contribution in [0.1, 0.15) is 0 Å². The molecule has 0 aromatic carbocycles. The number of carbonyl (C=O) groups is 1. The maximum atomic E-state index is 10.4. The minimum atomic E-state index is -0.377. The molecule has 0 heterocycles. The molecule has 52 valence electrons. The van der Waals surface area contributed by atoms with Crippen LogP contribution >= 0.6 is 0 Å². The average molecular weight is 130 g/mol. The van der Waals surface area contributed by atoms with E-state index in [9.17, 15) is 4.79 Å². The van der Waals surface area contributed by atoms with E-state index in [1.807, 2.05) is 0 Å². The molecule has 0 fully saturated rings. The second-order valence-electron chi connectivity index (χ2n) is 1.35. The molecule has 0 aromatic rings. The monoisotopic (exact) mass is 130 g/mol. The quantitative estimate of drug-likeness (QED) is 0.226. The first-order chi connectivity index (χ1) is 4.31. The van der Waals surface area contributed by atoms with E-state index in [2.05, 4.69) is 16.7 Å². The van der Waals surface area contributed by atoms with Crippen molar-refractivity contribution in [2.75, 3.05) is 13.2 Å². The van der Waals surface area contributed by atoms with Crippen LogP contribution in [0.2, 0.25) is 0 Å². The molecule has 0 spiro atoms. The van der Waals surface area contributed by atoms with Gasteiger partial charge >= 0.3 is 5.97 Å². The number of ether oxygens (including phenoxy) is 1. The highest BCUT2D eigenvalue weighted by Crippen LogP contribution is 1.74. The Labute approximate surface area is 53.6 Å². The minimum Gasteiger partial charge on any atom is -0.460 e. The van der Waals surface area contributed by atoms with Gasteiger partial charge in [-0.2, -0.15) is 0 Å². The second-order valence-corrected chi connectivity index (χ2v) is 1.35. The van der Waals surface area contributed by atoms with Crippen LogP contribution in [-0.4, -0.2) is 19.1 Å². The van der Waals surface area contributed by atoms with Crippen molar-refractivity contribution in [2.45, 2.75) is 0 Å². The smallest absolute Gasteiger partial charge is 0.321 e. The molecule has 4 heteroatoms. The van der Waals surface area contributed by atoms with Gasteiger partial charge in [-0.15, -0.1) is 0 Å². The molecular formula is C5H10N2O2. The van der Waals surface area contributed by atoms with Crippen LogP contribution in [0.25, 0.3) is 0 Å². The molecular weight excluding hydrogens is 120 g/mol. The lowest BCUT2D eigenvalue weighted by molar-refractivity contribution is -0.141. The van der Waals surface area contributed by atoms with Crippen molar-refractivity contribution in [3.8, 4) is 0 Å². The number of hydrogen-bond donors (Lipinski definition) is 2. The summed E-state index contributed by atoms with van der Waals surface area (Å²) in [4.78, 5) is 10.4. The van der Waals surface area contributed by atoms with Crippen molar-refractivity contribution in [2.24, 2.45) is 5.84 Å². The summed E-state index contributed by atoms with van der Waals surface area (Å²) in [5, 5.41) is 0. The van der Waals surface area contributed by atoms with Gasteiger partial charge in [-0.25, -0.2) is 5.43 Å². The van der Waals surface area contributed by atoms with Crippen LogP contribution in [0.5, 0.6) is 0 Å². The molecule has 0 aliphatic heterocycles. The summed E-state index contributed by atoms with van der Waals surface area (Å²) in [6.07, 6.45) is 1.49. The van der Waals surface area contributed by atoms with Crippen molar-refractivity contribution in [1.29, 1.82) is 0 Å². The molecule has 0 rings (SSSR count). The van der Waals surface area contributed by atoms with E-state index in [1.54, 1.807) is 0 Å². The summed E-state index contributed by atoms with van der Waals surface area (Å²) in [5.74, 6) is 4.45. The number of hydrogen-bond acceptors (Lipinski definition) is 4.